The van der Waals surface area contributed by atoms with E-state index in [4.69, 9.17) is 22.8 Å². The smallest absolute Gasteiger partial charge is 0.227 e. The molecule has 196 valence electrons. The maximum absolute atomic E-state index is 13.2. The first-order chi connectivity index (χ1) is 18.4. The van der Waals surface area contributed by atoms with Gasteiger partial charge in [0.25, 0.3) is 0 Å². The summed E-state index contributed by atoms with van der Waals surface area (Å²) < 4.78 is 5.47. The van der Waals surface area contributed by atoms with Gasteiger partial charge in [0, 0.05) is 54.8 Å². The standard InChI is InChI=1S/C31H33ClN4O2/c1-5-7-27(33-6-2)28-8-11-34-31(36-28)35-25-18-24-17-23(16-21(4)30(24)26(32)19-25)29(37)15-20(3)14-22-9-12-38-13-10-22/h1,6-8,11,16-20,22H,9-10,12-15H2,2-4H3,(H,34,35,36). The molecule has 1 unspecified atom stereocenters. The van der Waals surface area contributed by atoms with Crippen molar-refractivity contribution in [1.29, 1.82) is 0 Å². The summed E-state index contributed by atoms with van der Waals surface area (Å²) in [6.45, 7) is 7.64. The van der Waals surface area contributed by atoms with E-state index in [-0.39, 0.29) is 5.78 Å². The van der Waals surface area contributed by atoms with Crippen LogP contribution in [0.4, 0.5) is 11.6 Å². The fourth-order valence-electron chi connectivity index (χ4n) is 5.06. The Morgan fingerprint density at radius 3 is 2.84 bits per heavy atom. The van der Waals surface area contributed by atoms with Crippen LogP contribution in [0.2, 0.25) is 5.02 Å². The van der Waals surface area contributed by atoms with Gasteiger partial charge in [-0.1, -0.05) is 24.4 Å². The number of hydrogen-bond donors (Lipinski definition) is 1. The lowest BCUT2D eigenvalue weighted by molar-refractivity contribution is 0.0585. The number of ether oxygens (including phenoxy) is 1. The molecule has 6 nitrogen and oxygen atoms in total. The van der Waals surface area contributed by atoms with Crippen LogP contribution in [0.25, 0.3) is 16.5 Å². The van der Waals surface area contributed by atoms with Crippen LogP contribution in [0.15, 0.2) is 47.6 Å². The maximum atomic E-state index is 13.2. The van der Waals surface area contributed by atoms with E-state index in [9.17, 15) is 4.79 Å². The molecule has 2 heterocycles. The Morgan fingerprint density at radius 2 is 2.11 bits per heavy atom. The number of terminal acetylenes is 1. The number of aromatic nitrogens is 2. The van der Waals surface area contributed by atoms with Crippen LogP contribution in [0.1, 0.15) is 61.1 Å². The molecule has 0 aliphatic carbocycles. The summed E-state index contributed by atoms with van der Waals surface area (Å²) in [7, 11) is 0. The highest BCUT2D eigenvalue weighted by Crippen LogP contribution is 2.33. The van der Waals surface area contributed by atoms with Crippen LogP contribution in [0.5, 0.6) is 0 Å². The second-order valence-electron chi connectivity index (χ2n) is 9.85. The molecule has 1 aromatic heterocycles. The van der Waals surface area contributed by atoms with Crippen molar-refractivity contribution in [2.45, 2.75) is 46.5 Å². The molecule has 1 atom stereocenters. The van der Waals surface area contributed by atoms with E-state index < -0.39 is 0 Å². The van der Waals surface area contributed by atoms with E-state index >= 15 is 0 Å². The zero-order chi connectivity index (χ0) is 27.1. The van der Waals surface area contributed by atoms with Gasteiger partial charge in [-0.2, -0.15) is 0 Å². The Labute approximate surface area is 229 Å². The summed E-state index contributed by atoms with van der Waals surface area (Å²) in [5, 5.41) is 5.64. The number of ketones is 1. The predicted molar refractivity (Wildman–Crippen MR) is 156 cm³/mol. The number of carbonyl (C=O) groups is 1. The zero-order valence-corrected chi connectivity index (χ0v) is 22.9. The first-order valence-electron chi connectivity index (χ1n) is 13.0. The van der Waals surface area contributed by atoms with Crippen molar-refractivity contribution in [3.05, 3.63) is 64.4 Å². The lowest BCUT2D eigenvalue weighted by Gasteiger charge is -2.24. The third-order valence-corrected chi connectivity index (χ3v) is 7.09. The van der Waals surface area contributed by atoms with E-state index in [1.807, 2.05) is 38.1 Å². The minimum absolute atomic E-state index is 0.157. The molecule has 7 heteroatoms. The average molecular weight is 529 g/mol. The van der Waals surface area contributed by atoms with Gasteiger partial charge < -0.3 is 10.1 Å². The Balaban J connectivity index is 1.56. The number of Topliss-reactive ketones (excluding diaryl/α,β-unsaturated/α-hetero) is 1. The molecule has 0 bridgehead atoms. The van der Waals surface area contributed by atoms with Gasteiger partial charge in [-0.3, -0.25) is 9.79 Å². The number of benzene rings is 2. The minimum atomic E-state index is 0.157. The molecule has 1 N–H and O–H groups in total. The molecular formula is C31H33ClN4O2. The third-order valence-electron chi connectivity index (χ3n) is 6.79. The van der Waals surface area contributed by atoms with Gasteiger partial charge >= 0.3 is 0 Å². The summed E-state index contributed by atoms with van der Waals surface area (Å²) in [5.74, 6) is 4.01. The minimum Gasteiger partial charge on any atom is -0.381 e. The second kappa shape index (κ2) is 12.8. The number of allylic oxidation sites excluding steroid dienone is 1. The molecule has 4 rings (SSSR count). The Kier molecular flexibility index (Phi) is 9.28. The van der Waals surface area contributed by atoms with Crippen molar-refractivity contribution in [2.75, 3.05) is 18.5 Å². The normalized spacial score (nSPS) is 15.5. The van der Waals surface area contributed by atoms with Crippen LogP contribution < -0.4 is 5.32 Å². The van der Waals surface area contributed by atoms with Gasteiger partial charge in [-0.05, 0) is 86.2 Å². The molecule has 2 aromatic carbocycles. The molecule has 1 saturated heterocycles. The molecule has 3 aromatic rings. The van der Waals surface area contributed by atoms with E-state index in [0.717, 1.165) is 54.5 Å². The predicted octanol–water partition coefficient (Wildman–Crippen LogP) is 7.43. The van der Waals surface area contributed by atoms with Crippen LogP contribution in [-0.2, 0) is 4.74 Å². The van der Waals surface area contributed by atoms with Gasteiger partial charge in [0.1, 0.15) is 0 Å². The fourth-order valence-corrected chi connectivity index (χ4v) is 5.44. The molecule has 1 aliphatic rings. The Hall–Kier alpha value is -3.53. The largest absolute Gasteiger partial charge is 0.381 e. The molecule has 0 saturated carbocycles. The number of rotatable bonds is 9. The highest BCUT2D eigenvalue weighted by Gasteiger charge is 2.20. The number of anilines is 2. The number of carbonyl (C=O) groups excluding carboxylic acids is 1. The van der Waals surface area contributed by atoms with E-state index in [0.29, 0.717) is 46.2 Å². The number of nitrogens with zero attached hydrogens (tertiary/aromatic N) is 3. The highest BCUT2D eigenvalue weighted by molar-refractivity contribution is 6.36. The highest BCUT2D eigenvalue weighted by atomic mass is 35.5. The number of aliphatic imine (C=N–C) groups is 1. The van der Waals surface area contributed by atoms with Gasteiger partial charge in [0.15, 0.2) is 5.78 Å². The topological polar surface area (TPSA) is 76.5 Å². The Bertz CT molecular complexity index is 1420. The van der Waals surface area contributed by atoms with Crippen molar-refractivity contribution in [1.82, 2.24) is 9.97 Å². The van der Waals surface area contributed by atoms with E-state index in [1.165, 1.54) is 0 Å². The number of nitrogens with one attached hydrogen (secondary N) is 1. The summed E-state index contributed by atoms with van der Waals surface area (Å²) in [6.07, 6.45) is 14.1. The number of halogens is 1. The molecule has 0 radical (unpaired) electrons. The molecule has 0 amide bonds. The quantitative estimate of drug-likeness (QED) is 0.177. The van der Waals surface area contributed by atoms with Crippen molar-refractivity contribution < 1.29 is 9.53 Å². The fraction of sp³-hybridized carbons (Fsp3) is 0.355. The SMILES string of the molecule is C#CC=C(N=CC)c1ccnc(Nc2cc(Cl)c3c(C)cc(C(=O)CC(C)CC4CCOCC4)cc3c2)n1. The molecule has 0 spiro atoms. The van der Waals surface area contributed by atoms with Crippen molar-refractivity contribution in [3.63, 3.8) is 0 Å². The third kappa shape index (κ3) is 6.86. The molecular weight excluding hydrogens is 496 g/mol. The monoisotopic (exact) mass is 528 g/mol. The summed E-state index contributed by atoms with van der Waals surface area (Å²) in [6, 6.07) is 9.44. The van der Waals surface area contributed by atoms with Crippen LogP contribution in [0, 0.1) is 31.1 Å². The molecule has 1 aliphatic heterocycles. The van der Waals surface area contributed by atoms with Crippen molar-refractivity contribution in [2.24, 2.45) is 16.8 Å². The lowest BCUT2D eigenvalue weighted by atomic mass is 9.86. The summed E-state index contributed by atoms with van der Waals surface area (Å²) in [4.78, 5) is 26.4. The lowest BCUT2D eigenvalue weighted by Crippen LogP contribution is -2.19. The average Bonchev–Trinajstić information content (AvgIpc) is 2.88. The zero-order valence-electron chi connectivity index (χ0n) is 22.1. The van der Waals surface area contributed by atoms with Gasteiger partial charge in [-0.25, -0.2) is 9.97 Å². The number of hydrogen-bond acceptors (Lipinski definition) is 6. The van der Waals surface area contributed by atoms with Crippen LogP contribution >= 0.6 is 11.6 Å². The van der Waals surface area contributed by atoms with Crippen LogP contribution in [-0.4, -0.2) is 35.2 Å². The van der Waals surface area contributed by atoms with Gasteiger partial charge in [-0.15, -0.1) is 6.42 Å². The number of fused-ring (bicyclic) bond motifs is 1. The Morgan fingerprint density at radius 1 is 1.32 bits per heavy atom. The van der Waals surface area contributed by atoms with Gasteiger partial charge in [0.2, 0.25) is 5.95 Å². The number of aryl methyl sites for hydroxylation is 1. The van der Waals surface area contributed by atoms with Crippen molar-refractivity contribution >= 4 is 51.7 Å². The molecule has 38 heavy (non-hydrogen) atoms. The summed E-state index contributed by atoms with van der Waals surface area (Å²) in [5.41, 5.74) is 3.57. The van der Waals surface area contributed by atoms with E-state index in [1.54, 1.807) is 24.6 Å². The first-order valence-corrected chi connectivity index (χ1v) is 13.4. The van der Waals surface area contributed by atoms with Crippen LogP contribution in [0.3, 0.4) is 0 Å². The first kappa shape index (κ1) is 27.5. The van der Waals surface area contributed by atoms with Gasteiger partial charge in [0.05, 0.1) is 16.4 Å². The maximum Gasteiger partial charge on any atom is 0.227 e. The van der Waals surface area contributed by atoms with Crippen molar-refractivity contribution in [3.8, 4) is 12.3 Å². The molecule has 1 fully saturated rings. The summed E-state index contributed by atoms with van der Waals surface area (Å²) >= 11 is 6.70. The van der Waals surface area contributed by atoms with E-state index in [2.05, 4.69) is 33.1 Å². The second-order valence-corrected chi connectivity index (χ2v) is 10.3.